The number of hydrogen-bond donors (Lipinski definition) is 2. The number of aryl methyl sites for hydroxylation is 2. The molecule has 7 heteroatoms. The molecule has 2 heterocycles. The summed E-state index contributed by atoms with van der Waals surface area (Å²) in [6.07, 6.45) is 3.88. The molecule has 4 rings (SSSR count). The Balaban J connectivity index is 1.62. The largest absolute Gasteiger partial charge is 0.353 e. The first kappa shape index (κ1) is 21.3. The Bertz CT molecular complexity index is 1220. The molecule has 2 N–H and O–H groups in total. The summed E-state index contributed by atoms with van der Waals surface area (Å²) >= 11 is 3.34. The van der Waals surface area contributed by atoms with Crippen molar-refractivity contribution in [1.82, 2.24) is 9.97 Å². The molecule has 0 fully saturated rings. The van der Waals surface area contributed by atoms with Gasteiger partial charge < -0.3 is 10.6 Å². The zero-order valence-electron chi connectivity index (χ0n) is 17.7. The van der Waals surface area contributed by atoms with Gasteiger partial charge in [-0.15, -0.1) is 0 Å². The number of hydrogen-bond acceptors (Lipinski definition) is 6. The Morgan fingerprint density at radius 2 is 1.90 bits per heavy atom. The molecule has 1 amide bonds. The van der Waals surface area contributed by atoms with E-state index in [0.717, 1.165) is 55.0 Å². The number of fused-ring (bicyclic) bond motifs is 1. The summed E-state index contributed by atoms with van der Waals surface area (Å²) in [5.41, 5.74) is 4.91. The third kappa shape index (κ3) is 5.24. The van der Waals surface area contributed by atoms with Crippen LogP contribution < -0.4 is 10.6 Å². The maximum Gasteiger partial charge on any atom is 0.221 e. The molecule has 0 radical (unpaired) electrons. The SMILES string of the molecule is CCCc1nc2c(Nc3cc(C)ccc3Sc3ccc(NC(C)=O)cc3)ccnc2s1. The first-order valence-electron chi connectivity index (χ1n) is 10.2. The molecule has 0 atom stereocenters. The summed E-state index contributed by atoms with van der Waals surface area (Å²) < 4.78 is 0. The van der Waals surface area contributed by atoms with E-state index in [4.69, 9.17) is 4.98 Å². The highest BCUT2D eigenvalue weighted by Gasteiger charge is 2.12. The normalized spacial score (nSPS) is 10.9. The minimum Gasteiger partial charge on any atom is -0.353 e. The van der Waals surface area contributed by atoms with E-state index < -0.39 is 0 Å². The van der Waals surface area contributed by atoms with Crippen LogP contribution in [-0.4, -0.2) is 15.9 Å². The van der Waals surface area contributed by atoms with Crippen molar-refractivity contribution in [2.45, 2.75) is 43.4 Å². The molecule has 2 aromatic carbocycles. The first-order valence-corrected chi connectivity index (χ1v) is 11.8. The molecule has 0 aliphatic carbocycles. The van der Waals surface area contributed by atoms with Crippen LogP contribution in [0.1, 0.15) is 30.8 Å². The van der Waals surface area contributed by atoms with Crippen LogP contribution >= 0.6 is 23.1 Å². The number of nitrogens with one attached hydrogen (secondary N) is 2. The fourth-order valence-corrected chi connectivity index (χ4v) is 5.12. The lowest BCUT2D eigenvalue weighted by Gasteiger charge is -2.13. The quantitative estimate of drug-likeness (QED) is 0.325. The van der Waals surface area contributed by atoms with E-state index in [0.29, 0.717) is 0 Å². The molecule has 0 bridgehead atoms. The number of carbonyl (C=O) groups excluding carboxylic acids is 1. The second-order valence-electron chi connectivity index (χ2n) is 7.30. The van der Waals surface area contributed by atoms with Crippen molar-refractivity contribution in [2.75, 3.05) is 10.6 Å². The number of pyridine rings is 1. The number of amides is 1. The zero-order valence-corrected chi connectivity index (χ0v) is 19.4. The van der Waals surface area contributed by atoms with Gasteiger partial charge in [0.2, 0.25) is 5.91 Å². The summed E-state index contributed by atoms with van der Waals surface area (Å²) in [6, 6.07) is 16.2. The number of carbonyl (C=O) groups is 1. The van der Waals surface area contributed by atoms with Crippen molar-refractivity contribution in [3.63, 3.8) is 0 Å². The predicted octanol–water partition coefficient (Wildman–Crippen LogP) is 6.81. The summed E-state index contributed by atoms with van der Waals surface area (Å²) in [4.78, 5) is 23.7. The van der Waals surface area contributed by atoms with E-state index >= 15 is 0 Å². The molecule has 158 valence electrons. The Morgan fingerprint density at radius 1 is 1.10 bits per heavy atom. The van der Waals surface area contributed by atoms with E-state index in [1.165, 1.54) is 12.5 Å². The highest BCUT2D eigenvalue weighted by molar-refractivity contribution is 7.99. The molecule has 5 nitrogen and oxygen atoms in total. The van der Waals surface area contributed by atoms with Crippen LogP contribution in [0.25, 0.3) is 10.3 Å². The van der Waals surface area contributed by atoms with Gasteiger partial charge in [-0.1, -0.05) is 36.1 Å². The predicted molar refractivity (Wildman–Crippen MR) is 131 cm³/mol. The van der Waals surface area contributed by atoms with Gasteiger partial charge in [0.1, 0.15) is 10.3 Å². The van der Waals surface area contributed by atoms with Crippen molar-refractivity contribution in [3.05, 3.63) is 65.3 Å². The van der Waals surface area contributed by atoms with Crippen LogP contribution in [0, 0.1) is 6.92 Å². The van der Waals surface area contributed by atoms with Crippen molar-refractivity contribution in [1.29, 1.82) is 0 Å². The Morgan fingerprint density at radius 3 is 2.65 bits per heavy atom. The van der Waals surface area contributed by atoms with Gasteiger partial charge >= 0.3 is 0 Å². The molecular formula is C24H24N4OS2. The number of benzene rings is 2. The molecule has 0 unspecified atom stereocenters. The molecule has 0 aliphatic rings. The molecule has 4 aromatic rings. The van der Waals surface area contributed by atoms with Crippen LogP contribution in [0.4, 0.5) is 17.1 Å². The molecular weight excluding hydrogens is 424 g/mol. The lowest BCUT2D eigenvalue weighted by atomic mass is 10.2. The monoisotopic (exact) mass is 448 g/mol. The van der Waals surface area contributed by atoms with Crippen LogP contribution in [0.5, 0.6) is 0 Å². The van der Waals surface area contributed by atoms with E-state index in [2.05, 4.69) is 47.7 Å². The second kappa shape index (κ2) is 9.49. The van der Waals surface area contributed by atoms with Gasteiger partial charge in [0.15, 0.2) is 0 Å². The van der Waals surface area contributed by atoms with Gasteiger partial charge in [-0.05, 0) is 67.8 Å². The first-order chi connectivity index (χ1) is 15.0. The van der Waals surface area contributed by atoms with Gasteiger partial charge in [0.25, 0.3) is 0 Å². The van der Waals surface area contributed by atoms with Crippen LogP contribution in [0.3, 0.4) is 0 Å². The van der Waals surface area contributed by atoms with E-state index in [-0.39, 0.29) is 5.91 Å². The lowest BCUT2D eigenvalue weighted by Crippen LogP contribution is -2.05. The van der Waals surface area contributed by atoms with Crippen molar-refractivity contribution in [2.24, 2.45) is 0 Å². The average molecular weight is 449 g/mol. The number of thiazole rings is 1. The van der Waals surface area contributed by atoms with Crippen molar-refractivity contribution >= 4 is 56.4 Å². The summed E-state index contributed by atoms with van der Waals surface area (Å²) in [5.74, 6) is -0.0711. The molecule has 2 aromatic heterocycles. The van der Waals surface area contributed by atoms with E-state index in [1.54, 1.807) is 23.1 Å². The van der Waals surface area contributed by atoms with E-state index in [1.807, 2.05) is 36.5 Å². The fraction of sp³-hybridized carbons (Fsp3) is 0.208. The maximum absolute atomic E-state index is 11.2. The van der Waals surface area contributed by atoms with Crippen molar-refractivity contribution in [3.8, 4) is 0 Å². The van der Waals surface area contributed by atoms with Crippen LogP contribution in [-0.2, 0) is 11.2 Å². The minimum absolute atomic E-state index is 0.0711. The molecule has 0 aliphatic heterocycles. The molecule has 31 heavy (non-hydrogen) atoms. The third-order valence-corrected chi connectivity index (χ3v) is 6.72. The average Bonchev–Trinajstić information content (AvgIpc) is 3.15. The number of aromatic nitrogens is 2. The minimum atomic E-state index is -0.0711. The van der Waals surface area contributed by atoms with Gasteiger partial charge in [0.05, 0.1) is 16.4 Å². The smallest absolute Gasteiger partial charge is 0.221 e. The zero-order chi connectivity index (χ0) is 21.8. The lowest BCUT2D eigenvalue weighted by molar-refractivity contribution is -0.114. The van der Waals surface area contributed by atoms with Gasteiger partial charge in [0, 0.05) is 28.6 Å². The second-order valence-corrected chi connectivity index (χ2v) is 9.48. The molecule has 0 spiro atoms. The highest BCUT2D eigenvalue weighted by atomic mass is 32.2. The Kier molecular flexibility index (Phi) is 6.53. The van der Waals surface area contributed by atoms with Gasteiger partial charge in [-0.3, -0.25) is 4.79 Å². The topological polar surface area (TPSA) is 66.9 Å². The standard InChI is InChI=1S/C24H24N4OS2/c1-4-5-22-28-23-19(12-13-25-24(23)31-22)27-20-14-15(2)6-11-21(20)30-18-9-7-17(8-10-18)26-16(3)29/h6-14H,4-5H2,1-3H3,(H,25,27)(H,26,29). The van der Waals surface area contributed by atoms with E-state index in [9.17, 15) is 4.79 Å². The van der Waals surface area contributed by atoms with Gasteiger partial charge in [-0.2, -0.15) is 0 Å². The van der Waals surface area contributed by atoms with Crippen LogP contribution in [0.2, 0.25) is 0 Å². The number of anilines is 3. The number of rotatable bonds is 7. The fourth-order valence-electron chi connectivity index (χ4n) is 3.21. The highest BCUT2D eigenvalue weighted by Crippen LogP contribution is 2.37. The molecule has 0 saturated heterocycles. The summed E-state index contributed by atoms with van der Waals surface area (Å²) in [6.45, 7) is 5.76. The summed E-state index contributed by atoms with van der Waals surface area (Å²) in [5, 5.41) is 7.52. The van der Waals surface area contributed by atoms with Crippen molar-refractivity contribution < 1.29 is 4.79 Å². The Hall–Kier alpha value is -2.90. The van der Waals surface area contributed by atoms with Crippen LogP contribution in [0.15, 0.2) is 64.5 Å². The third-order valence-electron chi connectivity index (χ3n) is 4.61. The number of nitrogens with zero attached hydrogens (tertiary/aromatic N) is 2. The summed E-state index contributed by atoms with van der Waals surface area (Å²) in [7, 11) is 0. The van der Waals surface area contributed by atoms with Gasteiger partial charge in [-0.25, -0.2) is 9.97 Å². The Labute approximate surface area is 190 Å². The molecule has 0 saturated carbocycles. The maximum atomic E-state index is 11.2.